The summed E-state index contributed by atoms with van der Waals surface area (Å²) in [6, 6.07) is 0. The van der Waals surface area contributed by atoms with Crippen LogP contribution in [-0.2, 0) is 34.7 Å². The molecule has 0 atom stereocenters. The molecule has 1 rings (SSSR count). The standard InChI is InChI=1S/C8H19N4.4C2H3O.Ti/c1-2-10-5-6-12-8-7-11-4-3-9-1;4*1-2-3;/h9-11H,1-8H2;4*1H3;/q-1;;;;;+1. The second-order valence-corrected chi connectivity index (χ2v) is 15.8. The van der Waals surface area contributed by atoms with E-state index in [2.05, 4.69) is 16.0 Å². The minimum absolute atomic E-state index is 0.317. The predicted octanol–water partition coefficient (Wildman–Crippen LogP) is -1.14. The molecule has 8 nitrogen and oxygen atoms in total. The summed E-state index contributed by atoms with van der Waals surface area (Å²) in [5.41, 5.74) is 0. The number of hydrogen-bond donors (Lipinski definition) is 3. The van der Waals surface area contributed by atoms with Gasteiger partial charge in [-0.2, -0.15) is 0 Å². The molecule has 0 saturated carbocycles. The zero-order valence-corrected chi connectivity index (χ0v) is 17.3. The number of carbonyl (C=O) groups excluding carboxylic acids is 4. The van der Waals surface area contributed by atoms with E-state index >= 15 is 0 Å². The fourth-order valence-electron chi connectivity index (χ4n) is 4.09. The van der Waals surface area contributed by atoms with Gasteiger partial charge in [0.05, 0.1) is 0 Å². The van der Waals surface area contributed by atoms with Gasteiger partial charge in [-0.25, -0.2) is 0 Å². The van der Waals surface area contributed by atoms with Gasteiger partial charge in [-0.05, 0) is 0 Å². The molecule has 1 aliphatic heterocycles. The Morgan fingerprint density at radius 3 is 1.16 bits per heavy atom. The number of hydrogen-bond acceptors (Lipinski definition) is 8. The van der Waals surface area contributed by atoms with Crippen LogP contribution in [0.5, 0.6) is 0 Å². The summed E-state index contributed by atoms with van der Waals surface area (Å²) in [6.45, 7) is 9.66. The number of rotatable bonds is 5. The Morgan fingerprint density at radius 1 is 0.600 bits per heavy atom. The Morgan fingerprint density at radius 2 is 0.880 bits per heavy atom. The van der Waals surface area contributed by atoms with Crippen LogP contribution in [-0.4, -0.2) is 72.1 Å². The fourth-order valence-corrected chi connectivity index (χ4v) is 13.3. The zero-order valence-electron chi connectivity index (χ0n) is 15.7. The first-order valence-electron chi connectivity index (χ1n) is 8.79. The van der Waals surface area contributed by atoms with Gasteiger partial charge in [0.15, 0.2) is 0 Å². The van der Waals surface area contributed by atoms with E-state index in [1.165, 1.54) is 27.7 Å². The van der Waals surface area contributed by atoms with Gasteiger partial charge in [-0.3, -0.25) is 0 Å². The summed E-state index contributed by atoms with van der Waals surface area (Å²) < 4.78 is -0.519. The molecule has 1 heterocycles. The van der Waals surface area contributed by atoms with Gasteiger partial charge in [0.25, 0.3) is 0 Å². The fraction of sp³-hybridized carbons (Fsp3) is 0.750. The molecular formula is C16H31N4O4Ti. The summed E-state index contributed by atoms with van der Waals surface area (Å²) in [5.74, 6) is 0. The SMILES string of the molecule is C[C](=O)[Ti]([C](C)=O)([C](C)=O)([C](C)=O)[N]1CCNCCNCCNCC1. The minimum atomic E-state index is -5.60. The van der Waals surface area contributed by atoms with Crippen LogP contribution in [0.1, 0.15) is 27.7 Å². The van der Waals surface area contributed by atoms with E-state index in [9.17, 15) is 19.2 Å². The van der Waals surface area contributed by atoms with Crippen molar-refractivity contribution in [3.63, 3.8) is 0 Å². The van der Waals surface area contributed by atoms with Gasteiger partial charge >= 0.3 is 150 Å². The Labute approximate surface area is 150 Å². The van der Waals surface area contributed by atoms with Crippen molar-refractivity contribution in [2.75, 3.05) is 52.4 Å². The van der Waals surface area contributed by atoms with Crippen LogP contribution in [0.2, 0.25) is 0 Å². The molecule has 1 aliphatic rings. The second kappa shape index (κ2) is 9.25. The monoisotopic (exact) mass is 391 g/mol. The molecule has 1 fully saturated rings. The van der Waals surface area contributed by atoms with E-state index in [-0.39, 0.29) is 0 Å². The van der Waals surface area contributed by atoms with Gasteiger partial charge in [0, 0.05) is 0 Å². The molecule has 0 radical (unpaired) electrons. The Hall–Kier alpha value is -0.766. The number of carbonyl (C=O) groups is 4. The van der Waals surface area contributed by atoms with E-state index in [1.807, 2.05) is 0 Å². The van der Waals surface area contributed by atoms with Crippen molar-refractivity contribution in [1.29, 1.82) is 0 Å². The zero-order chi connectivity index (χ0) is 19.1. The van der Waals surface area contributed by atoms with E-state index in [1.54, 1.807) is 3.38 Å². The quantitative estimate of drug-likeness (QED) is 0.505. The molecule has 143 valence electrons. The van der Waals surface area contributed by atoms with Crippen LogP contribution in [0.4, 0.5) is 0 Å². The third-order valence-electron chi connectivity index (χ3n) is 5.45. The summed E-state index contributed by atoms with van der Waals surface area (Å²) in [5, 5.41) is 9.76. The van der Waals surface area contributed by atoms with Crippen molar-refractivity contribution < 1.29 is 34.7 Å². The normalized spacial score (nSPS) is 20.4. The van der Waals surface area contributed by atoms with Gasteiger partial charge in [0.1, 0.15) is 0 Å². The van der Waals surface area contributed by atoms with Gasteiger partial charge in [-0.15, -0.1) is 0 Å². The second-order valence-electron chi connectivity index (χ2n) is 6.66. The van der Waals surface area contributed by atoms with Gasteiger partial charge < -0.3 is 0 Å². The third-order valence-corrected chi connectivity index (χ3v) is 16.7. The third kappa shape index (κ3) is 3.70. The molecule has 0 amide bonds. The molecule has 0 aromatic carbocycles. The topological polar surface area (TPSA) is 108 Å². The van der Waals surface area contributed by atoms with E-state index in [4.69, 9.17) is 0 Å². The summed E-state index contributed by atoms with van der Waals surface area (Å²) >= 11 is -5.60. The maximum absolute atomic E-state index is 12.8. The Kier molecular flexibility index (Phi) is 8.24. The molecular weight excluding hydrogens is 360 g/mol. The van der Waals surface area contributed by atoms with E-state index in [0.717, 1.165) is 26.2 Å². The van der Waals surface area contributed by atoms with Crippen LogP contribution < -0.4 is 16.0 Å². The summed E-state index contributed by atoms with van der Waals surface area (Å²) in [7, 11) is 0. The van der Waals surface area contributed by atoms with Crippen molar-refractivity contribution >= 4 is 16.4 Å². The molecule has 3 N–H and O–H groups in total. The Bertz CT molecular complexity index is 473. The van der Waals surface area contributed by atoms with Crippen molar-refractivity contribution in [2.24, 2.45) is 0 Å². The van der Waals surface area contributed by atoms with Crippen molar-refractivity contribution in [3.05, 3.63) is 0 Å². The molecule has 0 aromatic rings. The molecule has 0 aliphatic carbocycles. The van der Waals surface area contributed by atoms with Crippen molar-refractivity contribution in [2.45, 2.75) is 27.7 Å². The van der Waals surface area contributed by atoms with E-state index < -0.39 is 31.9 Å². The predicted molar refractivity (Wildman–Crippen MR) is 92.9 cm³/mol. The van der Waals surface area contributed by atoms with Crippen molar-refractivity contribution in [1.82, 2.24) is 19.3 Å². The first kappa shape index (κ1) is 22.3. The van der Waals surface area contributed by atoms with Gasteiger partial charge in [0.2, 0.25) is 0 Å². The molecule has 1 saturated heterocycles. The molecule has 0 bridgehead atoms. The molecule has 0 aromatic heterocycles. The average Bonchev–Trinajstić information content (AvgIpc) is 2.49. The van der Waals surface area contributed by atoms with Crippen LogP contribution in [0.25, 0.3) is 0 Å². The van der Waals surface area contributed by atoms with E-state index in [0.29, 0.717) is 26.2 Å². The maximum atomic E-state index is 12.8. The van der Waals surface area contributed by atoms with Crippen LogP contribution >= 0.6 is 0 Å². The van der Waals surface area contributed by atoms with Crippen LogP contribution in [0.3, 0.4) is 0 Å². The summed E-state index contributed by atoms with van der Waals surface area (Å²) in [6.07, 6.45) is 0. The Balaban J connectivity index is 3.42. The first-order valence-corrected chi connectivity index (χ1v) is 12.6. The molecule has 0 unspecified atom stereocenters. The van der Waals surface area contributed by atoms with Crippen LogP contribution in [0, 0.1) is 0 Å². The number of nitrogens with zero attached hydrogens (tertiary/aromatic N) is 1. The molecule has 0 spiro atoms. The first-order chi connectivity index (χ1) is 11.7. The van der Waals surface area contributed by atoms with Crippen LogP contribution in [0.15, 0.2) is 0 Å². The van der Waals surface area contributed by atoms with Crippen molar-refractivity contribution in [3.8, 4) is 0 Å². The average molecular weight is 391 g/mol. The summed E-state index contributed by atoms with van der Waals surface area (Å²) in [4.78, 5) is 51.3. The molecule has 9 heteroatoms. The van der Waals surface area contributed by atoms with Gasteiger partial charge in [-0.1, -0.05) is 0 Å². The number of nitrogens with one attached hydrogen (secondary N) is 3. The molecule has 25 heavy (non-hydrogen) atoms.